The second-order valence-corrected chi connectivity index (χ2v) is 5.56. The van der Waals surface area contributed by atoms with Crippen LogP contribution in [0.2, 0.25) is 0 Å². The van der Waals surface area contributed by atoms with Gasteiger partial charge in [0.15, 0.2) is 4.77 Å². The van der Waals surface area contributed by atoms with Gasteiger partial charge in [-0.3, -0.25) is 9.89 Å². The summed E-state index contributed by atoms with van der Waals surface area (Å²) in [7, 11) is 0. The van der Waals surface area contributed by atoms with Crippen LogP contribution in [-0.4, -0.2) is 32.2 Å². The molecule has 0 spiro atoms. The van der Waals surface area contributed by atoms with E-state index in [0.29, 0.717) is 23.4 Å². The van der Waals surface area contributed by atoms with Gasteiger partial charge in [-0.2, -0.15) is 5.10 Å². The van der Waals surface area contributed by atoms with Crippen LogP contribution in [-0.2, 0) is 13.0 Å². The summed E-state index contributed by atoms with van der Waals surface area (Å²) >= 11 is 7.26. The van der Waals surface area contributed by atoms with E-state index in [-0.39, 0.29) is 5.91 Å². The van der Waals surface area contributed by atoms with Crippen LogP contribution < -0.4 is 5.32 Å². The van der Waals surface area contributed by atoms with Crippen molar-refractivity contribution in [3.8, 4) is 0 Å². The van der Waals surface area contributed by atoms with Gasteiger partial charge in [-0.1, -0.05) is 0 Å². The Balaban J connectivity index is 1.90. The number of aromatic amines is 2. The first-order valence-electron chi connectivity index (χ1n) is 5.88. The van der Waals surface area contributed by atoms with Crippen LogP contribution >= 0.6 is 34.8 Å². The molecule has 1 amide bonds. The number of rotatable bonds is 5. The molecular weight excluding hydrogens is 377 g/mol. The van der Waals surface area contributed by atoms with Crippen molar-refractivity contribution in [3.63, 3.8) is 0 Å². The number of carbonyl (C=O) groups is 1. The van der Waals surface area contributed by atoms with Crippen LogP contribution in [0.3, 0.4) is 0 Å². The fourth-order valence-electron chi connectivity index (χ4n) is 1.75. The molecule has 0 bridgehead atoms. The molecule has 19 heavy (non-hydrogen) atoms. The molecule has 0 radical (unpaired) electrons. The normalized spacial score (nSPS) is 10.6. The highest BCUT2D eigenvalue weighted by Gasteiger charge is 2.08. The van der Waals surface area contributed by atoms with Gasteiger partial charge in [0, 0.05) is 29.3 Å². The van der Waals surface area contributed by atoms with Crippen LogP contribution in [0.4, 0.5) is 0 Å². The third-order valence-electron chi connectivity index (χ3n) is 2.68. The number of hydrogen-bond acceptors (Lipinski definition) is 3. The SMILES string of the molecule is CCn1c(CCNC(=O)c2cc(I)c[nH]2)n[nH]c1=S. The Hall–Kier alpha value is -1.16. The van der Waals surface area contributed by atoms with Crippen molar-refractivity contribution < 1.29 is 4.79 Å². The summed E-state index contributed by atoms with van der Waals surface area (Å²) in [5.41, 5.74) is 0.568. The Bertz CT molecular complexity index is 629. The molecule has 0 fully saturated rings. The standard InChI is InChI=1S/C11H14IN5OS/c1-2-17-9(15-16-11(17)19)3-4-13-10(18)8-5-7(12)6-14-8/h5-6,14H,2-4H2,1H3,(H,13,18)(H,16,19). The molecule has 2 aromatic heterocycles. The molecule has 102 valence electrons. The molecule has 2 aromatic rings. The van der Waals surface area contributed by atoms with Crippen LogP contribution in [0.25, 0.3) is 0 Å². The van der Waals surface area contributed by atoms with E-state index >= 15 is 0 Å². The average Bonchev–Trinajstić information content (AvgIpc) is 2.96. The molecule has 8 heteroatoms. The fraction of sp³-hybridized carbons (Fsp3) is 0.364. The smallest absolute Gasteiger partial charge is 0.267 e. The molecule has 0 aliphatic rings. The summed E-state index contributed by atoms with van der Waals surface area (Å²) in [5.74, 6) is 0.744. The lowest BCUT2D eigenvalue weighted by molar-refractivity contribution is 0.0949. The van der Waals surface area contributed by atoms with Gasteiger partial charge in [-0.05, 0) is 47.8 Å². The lowest BCUT2D eigenvalue weighted by Gasteiger charge is -2.05. The van der Waals surface area contributed by atoms with Crippen molar-refractivity contribution in [1.29, 1.82) is 0 Å². The van der Waals surface area contributed by atoms with Crippen LogP contribution in [0.5, 0.6) is 0 Å². The van der Waals surface area contributed by atoms with E-state index in [2.05, 4.69) is 43.1 Å². The zero-order valence-electron chi connectivity index (χ0n) is 10.4. The number of carbonyl (C=O) groups excluding carboxylic acids is 1. The first-order valence-corrected chi connectivity index (χ1v) is 7.36. The first kappa shape index (κ1) is 14.3. The second kappa shape index (κ2) is 6.33. The largest absolute Gasteiger partial charge is 0.356 e. The lowest BCUT2D eigenvalue weighted by Crippen LogP contribution is -2.26. The molecule has 0 aliphatic heterocycles. The Morgan fingerprint density at radius 2 is 2.42 bits per heavy atom. The molecule has 0 aliphatic carbocycles. The minimum atomic E-state index is -0.111. The fourth-order valence-corrected chi connectivity index (χ4v) is 2.50. The lowest BCUT2D eigenvalue weighted by atomic mass is 10.3. The van der Waals surface area contributed by atoms with Crippen molar-refractivity contribution in [2.45, 2.75) is 19.9 Å². The highest BCUT2D eigenvalue weighted by Crippen LogP contribution is 2.06. The Labute approximate surface area is 129 Å². The Kier molecular flexibility index (Phi) is 4.75. The van der Waals surface area contributed by atoms with Gasteiger partial charge in [-0.15, -0.1) is 0 Å². The predicted molar refractivity (Wildman–Crippen MR) is 82.6 cm³/mol. The second-order valence-electron chi connectivity index (χ2n) is 3.93. The number of halogens is 1. The van der Waals surface area contributed by atoms with E-state index in [9.17, 15) is 4.79 Å². The number of nitrogens with one attached hydrogen (secondary N) is 3. The third-order valence-corrected chi connectivity index (χ3v) is 3.61. The third kappa shape index (κ3) is 3.44. The van der Waals surface area contributed by atoms with Crippen LogP contribution in [0, 0.1) is 8.34 Å². The molecule has 0 saturated heterocycles. The number of nitrogens with zero attached hydrogens (tertiary/aromatic N) is 2. The molecule has 0 saturated carbocycles. The predicted octanol–water partition coefficient (Wildman–Crippen LogP) is 1.87. The molecule has 0 atom stereocenters. The average molecular weight is 391 g/mol. The quantitative estimate of drug-likeness (QED) is 0.538. The summed E-state index contributed by atoms with van der Waals surface area (Å²) in [6.07, 6.45) is 2.43. The summed E-state index contributed by atoms with van der Waals surface area (Å²) in [4.78, 5) is 14.7. The van der Waals surface area contributed by atoms with Gasteiger partial charge in [0.25, 0.3) is 5.91 Å². The van der Waals surface area contributed by atoms with Crippen molar-refractivity contribution in [1.82, 2.24) is 25.1 Å². The summed E-state index contributed by atoms with van der Waals surface area (Å²) in [6.45, 7) is 3.30. The molecule has 0 unspecified atom stereocenters. The molecule has 0 aromatic carbocycles. The zero-order chi connectivity index (χ0) is 13.8. The van der Waals surface area contributed by atoms with E-state index in [1.807, 2.05) is 11.5 Å². The summed E-state index contributed by atoms with van der Waals surface area (Å²) < 4.78 is 3.54. The van der Waals surface area contributed by atoms with Crippen molar-refractivity contribution in [3.05, 3.63) is 32.1 Å². The van der Waals surface area contributed by atoms with E-state index in [0.717, 1.165) is 15.9 Å². The molecule has 3 N–H and O–H groups in total. The molecule has 6 nitrogen and oxygen atoms in total. The minimum Gasteiger partial charge on any atom is -0.356 e. The number of hydrogen-bond donors (Lipinski definition) is 3. The monoisotopic (exact) mass is 391 g/mol. The maximum atomic E-state index is 11.8. The van der Waals surface area contributed by atoms with Gasteiger partial charge >= 0.3 is 0 Å². The van der Waals surface area contributed by atoms with Crippen molar-refractivity contribution in [2.75, 3.05) is 6.54 Å². The Morgan fingerprint density at radius 1 is 1.63 bits per heavy atom. The Morgan fingerprint density at radius 3 is 3.05 bits per heavy atom. The van der Waals surface area contributed by atoms with Crippen molar-refractivity contribution in [2.24, 2.45) is 0 Å². The highest BCUT2D eigenvalue weighted by atomic mass is 127. The van der Waals surface area contributed by atoms with Crippen LogP contribution in [0.15, 0.2) is 12.3 Å². The number of amides is 1. The molecule has 2 rings (SSSR count). The highest BCUT2D eigenvalue weighted by molar-refractivity contribution is 14.1. The molecule has 2 heterocycles. The van der Waals surface area contributed by atoms with Gasteiger partial charge in [-0.25, -0.2) is 0 Å². The maximum absolute atomic E-state index is 11.8. The van der Waals surface area contributed by atoms with Crippen LogP contribution in [0.1, 0.15) is 23.2 Å². The van der Waals surface area contributed by atoms with Gasteiger partial charge in [0.1, 0.15) is 11.5 Å². The zero-order valence-corrected chi connectivity index (χ0v) is 13.3. The van der Waals surface area contributed by atoms with E-state index in [4.69, 9.17) is 12.2 Å². The summed E-state index contributed by atoms with van der Waals surface area (Å²) in [6, 6.07) is 1.80. The number of aromatic nitrogens is 4. The maximum Gasteiger partial charge on any atom is 0.267 e. The van der Waals surface area contributed by atoms with Gasteiger partial charge in [0.2, 0.25) is 0 Å². The molecular formula is C11H14IN5OS. The van der Waals surface area contributed by atoms with Crippen molar-refractivity contribution >= 4 is 40.7 Å². The first-order chi connectivity index (χ1) is 9.11. The number of H-pyrrole nitrogens is 2. The topological polar surface area (TPSA) is 78.5 Å². The van der Waals surface area contributed by atoms with Gasteiger partial charge < -0.3 is 14.9 Å². The van der Waals surface area contributed by atoms with E-state index < -0.39 is 0 Å². The van der Waals surface area contributed by atoms with Gasteiger partial charge in [0.05, 0.1) is 0 Å². The van der Waals surface area contributed by atoms with E-state index in [1.165, 1.54) is 0 Å². The minimum absolute atomic E-state index is 0.111. The van der Waals surface area contributed by atoms with E-state index in [1.54, 1.807) is 12.3 Å². The summed E-state index contributed by atoms with van der Waals surface area (Å²) in [5, 5.41) is 9.75.